The van der Waals surface area contributed by atoms with E-state index in [0.717, 1.165) is 25.6 Å². The Morgan fingerprint density at radius 1 is 1.56 bits per heavy atom. The summed E-state index contributed by atoms with van der Waals surface area (Å²) in [6.45, 7) is 7.76. The van der Waals surface area contributed by atoms with Gasteiger partial charge in [0.1, 0.15) is 0 Å². The largest absolute Gasteiger partial charge is 0.481 e. The lowest BCUT2D eigenvalue weighted by Gasteiger charge is -2.16. The van der Waals surface area contributed by atoms with Gasteiger partial charge < -0.3 is 10.1 Å². The van der Waals surface area contributed by atoms with Gasteiger partial charge in [0.05, 0.1) is 7.11 Å². The first-order valence-electron chi connectivity index (χ1n) is 6.73. The van der Waals surface area contributed by atoms with Crippen LogP contribution in [-0.4, -0.2) is 43.2 Å². The number of aromatic nitrogens is 1. The SMILES string of the molecule is CCNCC1CCN(Cc2ccnc(OC)c2)C1. The molecule has 100 valence electrons. The summed E-state index contributed by atoms with van der Waals surface area (Å²) in [6, 6.07) is 4.09. The van der Waals surface area contributed by atoms with Gasteiger partial charge in [-0.3, -0.25) is 4.90 Å². The third-order valence-electron chi connectivity index (χ3n) is 3.47. The lowest BCUT2D eigenvalue weighted by Crippen LogP contribution is -2.26. The molecule has 1 aromatic rings. The molecule has 1 atom stereocenters. The fraction of sp³-hybridized carbons (Fsp3) is 0.643. The molecule has 0 aromatic carbocycles. The van der Waals surface area contributed by atoms with Gasteiger partial charge in [0.25, 0.3) is 0 Å². The highest BCUT2D eigenvalue weighted by atomic mass is 16.5. The number of pyridine rings is 1. The van der Waals surface area contributed by atoms with Gasteiger partial charge in [-0.1, -0.05) is 6.92 Å². The highest BCUT2D eigenvalue weighted by Crippen LogP contribution is 2.19. The van der Waals surface area contributed by atoms with Crippen molar-refractivity contribution in [2.45, 2.75) is 19.9 Å². The van der Waals surface area contributed by atoms with Crippen molar-refractivity contribution >= 4 is 0 Å². The molecule has 2 heterocycles. The maximum Gasteiger partial charge on any atom is 0.213 e. The number of likely N-dealkylation sites (tertiary alicyclic amines) is 1. The lowest BCUT2D eigenvalue weighted by molar-refractivity contribution is 0.313. The van der Waals surface area contributed by atoms with Gasteiger partial charge >= 0.3 is 0 Å². The van der Waals surface area contributed by atoms with Crippen LogP contribution in [0.25, 0.3) is 0 Å². The molecule has 1 N–H and O–H groups in total. The van der Waals surface area contributed by atoms with Crippen molar-refractivity contribution in [1.82, 2.24) is 15.2 Å². The first kappa shape index (κ1) is 13.3. The van der Waals surface area contributed by atoms with Crippen LogP contribution in [0.3, 0.4) is 0 Å². The van der Waals surface area contributed by atoms with Crippen LogP contribution in [0.4, 0.5) is 0 Å². The quantitative estimate of drug-likeness (QED) is 0.829. The first-order valence-corrected chi connectivity index (χ1v) is 6.73. The molecule has 0 aliphatic carbocycles. The van der Waals surface area contributed by atoms with E-state index in [-0.39, 0.29) is 0 Å². The molecular formula is C14H23N3O. The summed E-state index contributed by atoms with van der Waals surface area (Å²) in [5, 5.41) is 3.44. The molecule has 18 heavy (non-hydrogen) atoms. The summed E-state index contributed by atoms with van der Waals surface area (Å²) in [5.74, 6) is 1.50. The molecule has 1 aliphatic heterocycles. The third-order valence-corrected chi connectivity index (χ3v) is 3.47. The Labute approximate surface area is 109 Å². The van der Waals surface area contributed by atoms with E-state index >= 15 is 0 Å². The standard InChI is InChI=1S/C14H23N3O/c1-3-15-9-13-5-7-17(11-13)10-12-4-6-16-14(8-12)18-2/h4,6,8,13,15H,3,5,7,9-11H2,1-2H3. The van der Waals surface area contributed by atoms with Gasteiger partial charge in [0.15, 0.2) is 0 Å². The minimum Gasteiger partial charge on any atom is -0.481 e. The summed E-state index contributed by atoms with van der Waals surface area (Å²) in [4.78, 5) is 6.65. The van der Waals surface area contributed by atoms with Crippen molar-refractivity contribution in [2.24, 2.45) is 5.92 Å². The Kier molecular flexibility index (Phi) is 4.96. The average Bonchev–Trinajstić information content (AvgIpc) is 2.84. The van der Waals surface area contributed by atoms with E-state index in [4.69, 9.17) is 4.74 Å². The molecule has 1 saturated heterocycles. The molecule has 0 bridgehead atoms. The summed E-state index contributed by atoms with van der Waals surface area (Å²) in [5.41, 5.74) is 1.28. The van der Waals surface area contributed by atoms with Crippen molar-refractivity contribution in [3.05, 3.63) is 23.9 Å². The van der Waals surface area contributed by atoms with Crippen LogP contribution >= 0.6 is 0 Å². The Bertz CT molecular complexity index is 370. The summed E-state index contributed by atoms with van der Waals surface area (Å²) in [6.07, 6.45) is 3.12. The number of ether oxygens (including phenoxy) is 1. The van der Waals surface area contributed by atoms with E-state index < -0.39 is 0 Å². The molecule has 0 radical (unpaired) electrons. The Morgan fingerprint density at radius 3 is 3.22 bits per heavy atom. The molecule has 4 heteroatoms. The molecule has 0 saturated carbocycles. The monoisotopic (exact) mass is 249 g/mol. The molecule has 0 spiro atoms. The first-order chi connectivity index (χ1) is 8.81. The number of nitrogens with one attached hydrogen (secondary N) is 1. The number of nitrogens with zero attached hydrogens (tertiary/aromatic N) is 2. The highest BCUT2D eigenvalue weighted by Gasteiger charge is 2.21. The molecule has 4 nitrogen and oxygen atoms in total. The van der Waals surface area contributed by atoms with Crippen LogP contribution in [-0.2, 0) is 6.54 Å². The molecule has 1 fully saturated rings. The summed E-state index contributed by atoms with van der Waals surface area (Å²) < 4.78 is 5.15. The minimum atomic E-state index is 0.705. The van der Waals surface area contributed by atoms with Gasteiger partial charge in [0.2, 0.25) is 5.88 Å². The van der Waals surface area contributed by atoms with Gasteiger partial charge in [-0.2, -0.15) is 0 Å². The zero-order valence-corrected chi connectivity index (χ0v) is 11.4. The Morgan fingerprint density at radius 2 is 2.44 bits per heavy atom. The van der Waals surface area contributed by atoms with E-state index in [1.54, 1.807) is 7.11 Å². The topological polar surface area (TPSA) is 37.4 Å². The molecule has 0 amide bonds. The zero-order valence-electron chi connectivity index (χ0n) is 11.4. The zero-order chi connectivity index (χ0) is 12.8. The van der Waals surface area contributed by atoms with Crippen LogP contribution in [0.1, 0.15) is 18.9 Å². The number of hydrogen-bond donors (Lipinski definition) is 1. The van der Waals surface area contributed by atoms with E-state index in [9.17, 15) is 0 Å². The highest BCUT2D eigenvalue weighted by molar-refractivity contribution is 5.20. The maximum absolute atomic E-state index is 5.15. The minimum absolute atomic E-state index is 0.705. The molecule has 2 rings (SSSR count). The number of rotatable bonds is 6. The fourth-order valence-electron chi connectivity index (χ4n) is 2.49. The van der Waals surface area contributed by atoms with Crippen molar-refractivity contribution in [3.63, 3.8) is 0 Å². The maximum atomic E-state index is 5.15. The second-order valence-electron chi connectivity index (χ2n) is 4.90. The Hall–Kier alpha value is -1.13. The van der Waals surface area contributed by atoms with E-state index in [0.29, 0.717) is 5.88 Å². The summed E-state index contributed by atoms with van der Waals surface area (Å²) >= 11 is 0. The third kappa shape index (κ3) is 3.68. The van der Waals surface area contributed by atoms with Gasteiger partial charge in [-0.15, -0.1) is 0 Å². The lowest BCUT2D eigenvalue weighted by atomic mass is 10.1. The second kappa shape index (κ2) is 6.71. The van der Waals surface area contributed by atoms with Gasteiger partial charge in [-0.05, 0) is 43.6 Å². The second-order valence-corrected chi connectivity index (χ2v) is 4.90. The predicted molar refractivity (Wildman–Crippen MR) is 72.7 cm³/mol. The molecular weight excluding hydrogens is 226 g/mol. The van der Waals surface area contributed by atoms with Crippen LogP contribution in [0, 0.1) is 5.92 Å². The van der Waals surface area contributed by atoms with Crippen molar-refractivity contribution in [1.29, 1.82) is 0 Å². The number of hydrogen-bond acceptors (Lipinski definition) is 4. The smallest absolute Gasteiger partial charge is 0.213 e. The van der Waals surface area contributed by atoms with E-state index in [1.165, 1.54) is 25.1 Å². The predicted octanol–water partition coefficient (Wildman–Crippen LogP) is 1.52. The molecule has 1 aliphatic rings. The van der Waals surface area contributed by atoms with Crippen LogP contribution in [0.5, 0.6) is 5.88 Å². The fourth-order valence-corrected chi connectivity index (χ4v) is 2.49. The average molecular weight is 249 g/mol. The molecule has 1 aromatic heterocycles. The normalized spacial score (nSPS) is 20.2. The summed E-state index contributed by atoms with van der Waals surface area (Å²) in [7, 11) is 1.66. The number of methoxy groups -OCH3 is 1. The van der Waals surface area contributed by atoms with Crippen LogP contribution in [0.15, 0.2) is 18.3 Å². The van der Waals surface area contributed by atoms with Crippen LogP contribution < -0.4 is 10.1 Å². The molecule has 1 unspecified atom stereocenters. The van der Waals surface area contributed by atoms with Crippen molar-refractivity contribution < 1.29 is 4.74 Å². The van der Waals surface area contributed by atoms with E-state index in [1.807, 2.05) is 12.3 Å². The van der Waals surface area contributed by atoms with Gasteiger partial charge in [-0.25, -0.2) is 4.98 Å². The Balaban J connectivity index is 1.83. The van der Waals surface area contributed by atoms with Crippen molar-refractivity contribution in [3.8, 4) is 5.88 Å². The van der Waals surface area contributed by atoms with Crippen molar-refractivity contribution in [2.75, 3.05) is 33.3 Å². The van der Waals surface area contributed by atoms with Gasteiger partial charge in [0, 0.05) is 25.4 Å². The van der Waals surface area contributed by atoms with Crippen LogP contribution in [0.2, 0.25) is 0 Å². The van der Waals surface area contributed by atoms with E-state index in [2.05, 4.69) is 28.2 Å².